The van der Waals surface area contributed by atoms with E-state index in [9.17, 15) is 0 Å². The van der Waals surface area contributed by atoms with Gasteiger partial charge in [0.05, 0.1) is 5.69 Å². The molecule has 1 aromatic carbocycles. The fraction of sp³-hybridized carbons (Fsp3) is 0.385. The Balaban J connectivity index is 0.00000161. The molecule has 0 amide bonds. The quantitative estimate of drug-likeness (QED) is 0.808. The monoisotopic (exact) mass is 311 g/mol. The molecule has 0 saturated carbocycles. The van der Waals surface area contributed by atoms with Crippen LogP contribution < -0.4 is 25.8 Å². The van der Waals surface area contributed by atoms with Crippen LogP contribution in [0.1, 0.15) is 13.8 Å². The highest BCUT2D eigenvalue weighted by molar-refractivity contribution is 6.05. The van der Waals surface area contributed by atoms with Crippen molar-refractivity contribution in [2.45, 2.75) is 19.5 Å². The topological polar surface area (TPSA) is 98.5 Å². The SMILES string of the molecule is CC1(C)N=C(N)N=C(N)N1c1ccc2c(c1)OCCO2.Cl. The molecule has 0 aliphatic carbocycles. The second kappa shape index (κ2) is 5.33. The van der Waals surface area contributed by atoms with Crippen molar-refractivity contribution >= 4 is 30.0 Å². The molecule has 0 aromatic heterocycles. The number of hydrogen-bond donors (Lipinski definition) is 2. The molecule has 0 radical (unpaired) electrons. The molecule has 0 unspecified atom stereocenters. The summed E-state index contributed by atoms with van der Waals surface area (Å²) < 4.78 is 11.1. The second-order valence-corrected chi connectivity index (χ2v) is 5.10. The summed E-state index contributed by atoms with van der Waals surface area (Å²) in [6.07, 6.45) is 0. The summed E-state index contributed by atoms with van der Waals surface area (Å²) in [5.74, 6) is 1.91. The largest absolute Gasteiger partial charge is 0.486 e. The molecule has 0 bridgehead atoms. The van der Waals surface area contributed by atoms with E-state index in [0.29, 0.717) is 24.9 Å². The van der Waals surface area contributed by atoms with E-state index in [0.717, 1.165) is 11.4 Å². The zero-order valence-corrected chi connectivity index (χ0v) is 12.7. The molecule has 7 nitrogen and oxygen atoms in total. The first-order valence-corrected chi connectivity index (χ1v) is 6.37. The molecule has 4 N–H and O–H groups in total. The summed E-state index contributed by atoms with van der Waals surface area (Å²) in [5, 5.41) is 0. The van der Waals surface area contributed by atoms with Crippen LogP contribution in [0.2, 0.25) is 0 Å². The van der Waals surface area contributed by atoms with Gasteiger partial charge in [-0.15, -0.1) is 12.4 Å². The number of hydrogen-bond acceptors (Lipinski definition) is 7. The van der Waals surface area contributed by atoms with E-state index < -0.39 is 5.66 Å². The van der Waals surface area contributed by atoms with Gasteiger partial charge in [-0.2, -0.15) is 4.99 Å². The van der Waals surface area contributed by atoms with Crippen molar-refractivity contribution in [3.8, 4) is 11.5 Å². The molecule has 0 fully saturated rings. The van der Waals surface area contributed by atoms with Crippen molar-refractivity contribution in [1.29, 1.82) is 0 Å². The summed E-state index contributed by atoms with van der Waals surface area (Å²) in [5.41, 5.74) is 11.9. The summed E-state index contributed by atoms with van der Waals surface area (Å²) in [6, 6.07) is 5.62. The number of nitrogens with two attached hydrogens (primary N) is 2. The van der Waals surface area contributed by atoms with Gasteiger partial charge in [0.1, 0.15) is 18.9 Å². The Kier molecular flexibility index (Phi) is 3.87. The lowest BCUT2D eigenvalue weighted by Crippen LogP contribution is -2.54. The zero-order valence-electron chi connectivity index (χ0n) is 11.9. The first kappa shape index (κ1) is 15.2. The van der Waals surface area contributed by atoms with Crippen molar-refractivity contribution < 1.29 is 9.47 Å². The number of halogens is 1. The Hall–Kier alpha value is -2.15. The maximum absolute atomic E-state index is 6.00. The predicted octanol–water partition coefficient (Wildman–Crippen LogP) is 1.07. The van der Waals surface area contributed by atoms with Gasteiger partial charge < -0.3 is 20.9 Å². The van der Waals surface area contributed by atoms with E-state index in [1.54, 1.807) is 0 Å². The molecular weight excluding hydrogens is 294 g/mol. The Labute approximate surface area is 129 Å². The number of benzene rings is 1. The molecule has 2 aliphatic heterocycles. The molecule has 0 atom stereocenters. The van der Waals surface area contributed by atoms with Gasteiger partial charge >= 0.3 is 0 Å². The molecule has 21 heavy (non-hydrogen) atoms. The van der Waals surface area contributed by atoms with Crippen molar-refractivity contribution in [2.75, 3.05) is 18.1 Å². The molecule has 1 aromatic rings. The third kappa shape index (κ3) is 2.69. The number of ether oxygens (including phenoxy) is 2. The number of rotatable bonds is 1. The van der Waals surface area contributed by atoms with Gasteiger partial charge in [-0.05, 0) is 26.0 Å². The Morgan fingerprint density at radius 2 is 1.81 bits per heavy atom. The lowest BCUT2D eigenvalue weighted by atomic mass is 10.1. The fourth-order valence-corrected chi connectivity index (χ4v) is 2.42. The van der Waals surface area contributed by atoms with Gasteiger partial charge in [-0.3, -0.25) is 4.90 Å². The van der Waals surface area contributed by atoms with Crippen LogP contribution in [0.3, 0.4) is 0 Å². The smallest absolute Gasteiger partial charge is 0.220 e. The van der Waals surface area contributed by atoms with Gasteiger partial charge in [0.15, 0.2) is 11.5 Å². The van der Waals surface area contributed by atoms with Crippen molar-refractivity contribution in [2.24, 2.45) is 21.5 Å². The Morgan fingerprint density at radius 1 is 1.14 bits per heavy atom. The summed E-state index contributed by atoms with van der Waals surface area (Å²) in [4.78, 5) is 10.1. The maximum atomic E-state index is 6.00. The van der Waals surface area contributed by atoms with E-state index in [4.69, 9.17) is 20.9 Å². The highest BCUT2D eigenvalue weighted by Gasteiger charge is 2.33. The van der Waals surface area contributed by atoms with Crippen molar-refractivity contribution in [3.05, 3.63) is 18.2 Å². The van der Waals surface area contributed by atoms with E-state index in [1.165, 1.54) is 0 Å². The van der Waals surface area contributed by atoms with Gasteiger partial charge in [0.25, 0.3) is 0 Å². The highest BCUT2D eigenvalue weighted by atomic mass is 35.5. The van der Waals surface area contributed by atoms with Crippen LogP contribution in [0, 0.1) is 0 Å². The number of guanidine groups is 2. The molecule has 8 heteroatoms. The molecule has 0 spiro atoms. The number of aliphatic imine (C=N–C) groups is 2. The van der Waals surface area contributed by atoms with Gasteiger partial charge in [0, 0.05) is 6.07 Å². The van der Waals surface area contributed by atoms with Crippen LogP contribution in [0.5, 0.6) is 11.5 Å². The van der Waals surface area contributed by atoms with Crippen LogP contribution in [0.15, 0.2) is 28.2 Å². The van der Waals surface area contributed by atoms with E-state index in [-0.39, 0.29) is 18.4 Å². The third-order valence-electron chi connectivity index (χ3n) is 3.18. The third-order valence-corrected chi connectivity index (χ3v) is 3.18. The minimum absolute atomic E-state index is 0. The van der Waals surface area contributed by atoms with E-state index in [2.05, 4.69) is 9.98 Å². The zero-order chi connectivity index (χ0) is 14.3. The number of fused-ring (bicyclic) bond motifs is 1. The first-order chi connectivity index (χ1) is 9.47. The summed E-state index contributed by atoms with van der Waals surface area (Å²) >= 11 is 0. The van der Waals surface area contributed by atoms with Gasteiger partial charge in [-0.25, -0.2) is 4.99 Å². The number of anilines is 1. The maximum Gasteiger partial charge on any atom is 0.220 e. The van der Waals surface area contributed by atoms with Crippen LogP contribution >= 0.6 is 12.4 Å². The van der Waals surface area contributed by atoms with Crippen molar-refractivity contribution in [3.63, 3.8) is 0 Å². The minimum atomic E-state index is -0.611. The van der Waals surface area contributed by atoms with E-state index >= 15 is 0 Å². The molecule has 114 valence electrons. The molecule has 2 aliphatic rings. The van der Waals surface area contributed by atoms with Gasteiger partial charge in [-0.1, -0.05) is 0 Å². The minimum Gasteiger partial charge on any atom is -0.486 e. The lowest BCUT2D eigenvalue weighted by molar-refractivity contribution is 0.171. The van der Waals surface area contributed by atoms with Crippen LogP contribution in [-0.2, 0) is 0 Å². The van der Waals surface area contributed by atoms with E-state index in [1.807, 2.05) is 36.9 Å². The number of nitrogens with zero attached hydrogens (tertiary/aromatic N) is 3. The molecule has 3 rings (SSSR count). The lowest BCUT2D eigenvalue weighted by Gasteiger charge is -2.38. The van der Waals surface area contributed by atoms with Crippen LogP contribution in [0.25, 0.3) is 0 Å². The van der Waals surface area contributed by atoms with Crippen molar-refractivity contribution in [1.82, 2.24) is 0 Å². The van der Waals surface area contributed by atoms with Gasteiger partial charge in [0.2, 0.25) is 11.9 Å². The van der Waals surface area contributed by atoms with Crippen LogP contribution in [-0.4, -0.2) is 30.8 Å². The fourth-order valence-electron chi connectivity index (χ4n) is 2.42. The average molecular weight is 312 g/mol. The normalized spacial score (nSPS) is 19.2. The molecule has 0 saturated heterocycles. The molecule has 2 heterocycles. The Bertz CT molecular complexity index is 615. The summed E-state index contributed by atoms with van der Waals surface area (Å²) in [7, 11) is 0. The predicted molar refractivity (Wildman–Crippen MR) is 84.5 cm³/mol. The summed E-state index contributed by atoms with van der Waals surface area (Å²) in [6.45, 7) is 4.93. The first-order valence-electron chi connectivity index (χ1n) is 6.37. The highest BCUT2D eigenvalue weighted by Crippen LogP contribution is 2.36. The average Bonchev–Trinajstić information content (AvgIpc) is 2.36. The standard InChI is InChI=1S/C13H17N5O2.ClH/c1-13(2)17-11(14)16-12(15)18(13)8-3-4-9-10(7-8)20-6-5-19-9;/h3-4,7H,5-6H2,1-2H3,(H4,14,15,16,17);1H. The Morgan fingerprint density at radius 3 is 2.48 bits per heavy atom. The van der Waals surface area contributed by atoms with Crippen LogP contribution in [0.4, 0.5) is 5.69 Å². The molecular formula is C13H18ClN5O2. The second-order valence-electron chi connectivity index (χ2n) is 5.10.